The highest BCUT2D eigenvalue weighted by Crippen LogP contribution is 2.29. The molecular weight excluding hydrogens is 296 g/mol. The van der Waals surface area contributed by atoms with Gasteiger partial charge in [-0.1, -0.05) is 12.2 Å². The number of hydrogen-bond donors (Lipinski definition) is 2. The Kier molecular flexibility index (Phi) is 5.79. The third-order valence-corrected chi connectivity index (χ3v) is 3.80. The second-order valence-corrected chi connectivity index (χ2v) is 5.88. The van der Waals surface area contributed by atoms with Gasteiger partial charge in [0.15, 0.2) is 0 Å². The molecule has 2 N–H and O–H groups in total. The quantitative estimate of drug-likeness (QED) is 0.566. The Bertz CT molecular complexity index is 618. The van der Waals surface area contributed by atoms with Crippen LogP contribution in [-0.4, -0.2) is 28.1 Å². The van der Waals surface area contributed by atoms with Crippen LogP contribution in [0.4, 0.5) is 0 Å². The van der Waals surface area contributed by atoms with E-state index >= 15 is 0 Å². The van der Waals surface area contributed by atoms with Crippen molar-refractivity contribution in [3.8, 4) is 11.5 Å². The highest BCUT2D eigenvalue weighted by Gasteiger charge is 2.22. The zero-order chi connectivity index (χ0) is 16.8. The fourth-order valence-electron chi connectivity index (χ4n) is 2.62. The number of aromatic hydroxyl groups is 2. The summed E-state index contributed by atoms with van der Waals surface area (Å²) in [7, 11) is 0. The van der Waals surface area contributed by atoms with E-state index in [0.29, 0.717) is 18.4 Å². The van der Waals surface area contributed by atoms with Crippen molar-refractivity contribution in [1.82, 2.24) is 0 Å². The molecule has 23 heavy (non-hydrogen) atoms. The first kappa shape index (κ1) is 17.1. The summed E-state index contributed by atoms with van der Waals surface area (Å²) in [5, 5.41) is 19.6. The van der Waals surface area contributed by atoms with E-state index in [0.717, 1.165) is 25.3 Å². The number of phenolic OH excluding ortho intramolecular Hbond substituents is 2. The molecule has 2 rings (SSSR count). The Morgan fingerprint density at radius 2 is 1.91 bits per heavy atom. The van der Waals surface area contributed by atoms with Crippen LogP contribution in [0.3, 0.4) is 0 Å². The van der Waals surface area contributed by atoms with Gasteiger partial charge in [-0.05, 0) is 37.8 Å². The van der Waals surface area contributed by atoms with Crippen molar-refractivity contribution in [2.75, 3.05) is 0 Å². The predicted octanol–water partition coefficient (Wildman–Crippen LogP) is 3.28. The second-order valence-electron chi connectivity index (χ2n) is 5.88. The number of rotatable bonds is 0. The number of fused-ring (bicyclic) bond motifs is 1. The minimum Gasteiger partial charge on any atom is -0.508 e. The summed E-state index contributed by atoms with van der Waals surface area (Å²) in [4.78, 5) is 24.4. The van der Waals surface area contributed by atoms with Gasteiger partial charge in [0.25, 0.3) is 0 Å². The summed E-state index contributed by atoms with van der Waals surface area (Å²) < 4.78 is 5.33. The largest absolute Gasteiger partial charge is 0.508 e. The molecule has 0 radical (unpaired) electrons. The maximum Gasteiger partial charge on any atom is 0.342 e. The molecule has 1 heterocycles. The molecule has 0 spiro atoms. The molecule has 0 unspecified atom stereocenters. The van der Waals surface area contributed by atoms with E-state index < -0.39 is 5.97 Å². The summed E-state index contributed by atoms with van der Waals surface area (Å²) in [5.74, 6) is -1.26. The van der Waals surface area contributed by atoms with Crippen molar-refractivity contribution in [2.24, 2.45) is 0 Å². The van der Waals surface area contributed by atoms with Crippen LogP contribution in [0.25, 0.3) is 0 Å². The molecule has 0 saturated heterocycles. The first-order chi connectivity index (χ1) is 11.0. The summed E-state index contributed by atoms with van der Waals surface area (Å²) in [5.41, 5.74) is 0.265. The van der Waals surface area contributed by atoms with Gasteiger partial charge >= 0.3 is 5.97 Å². The molecule has 1 aromatic rings. The normalized spacial score (nSPS) is 21.9. The fraction of sp³-hybridized carbons (Fsp3) is 0.444. The van der Waals surface area contributed by atoms with Crippen molar-refractivity contribution < 1.29 is 24.5 Å². The molecule has 0 fully saturated rings. The van der Waals surface area contributed by atoms with Crippen molar-refractivity contribution in [3.05, 3.63) is 35.4 Å². The molecule has 1 aliphatic heterocycles. The maximum absolute atomic E-state index is 12.3. The van der Waals surface area contributed by atoms with Gasteiger partial charge in [0.1, 0.15) is 28.9 Å². The third-order valence-electron chi connectivity index (χ3n) is 3.80. The van der Waals surface area contributed by atoms with Gasteiger partial charge in [-0.25, -0.2) is 4.79 Å². The molecule has 1 atom stereocenters. The van der Waals surface area contributed by atoms with Gasteiger partial charge in [-0.15, -0.1) is 0 Å². The Balaban J connectivity index is 2.34. The molecule has 124 valence electrons. The van der Waals surface area contributed by atoms with Gasteiger partial charge in [0.2, 0.25) is 0 Å². The van der Waals surface area contributed by atoms with E-state index in [1.54, 1.807) is 6.92 Å². The van der Waals surface area contributed by atoms with Crippen LogP contribution in [0, 0.1) is 0 Å². The predicted molar refractivity (Wildman–Crippen MR) is 85.6 cm³/mol. The lowest BCUT2D eigenvalue weighted by molar-refractivity contribution is -0.118. The van der Waals surface area contributed by atoms with Gasteiger partial charge in [0, 0.05) is 25.3 Å². The van der Waals surface area contributed by atoms with Crippen LogP contribution in [0.1, 0.15) is 54.9 Å². The number of ether oxygens (including phenoxy) is 1. The van der Waals surface area contributed by atoms with Gasteiger partial charge in [-0.3, -0.25) is 4.79 Å². The SMILES string of the molecule is C[C@@H]1C/C=C/CCCCC(=O)Cc2cc(O)cc(O)c2C(=O)O1. The maximum atomic E-state index is 12.3. The Morgan fingerprint density at radius 3 is 2.70 bits per heavy atom. The highest BCUT2D eigenvalue weighted by atomic mass is 16.5. The second kappa shape index (κ2) is 7.81. The van der Waals surface area contributed by atoms with E-state index in [4.69, 9.17) is 4.74 Å². The topological polar surface area (TPSA) is 83.8 Å². The Labute approximate surface area is 135 Å². The number of carbonyl (C=O) groups excluding carboxylic acids is 2. The van der Waals surface area contributed by atoms with E-state index in [1.807, 2.05) is 12.2 Å². The molecule has 0 amide bonds. The average Bonchev–Trinajstić information content (AvgIpc) is 2.44. The lowest BCUT2D eigenvalue weighted by Crippen LogP contribution is -2.17. The molecule has 1 aliphatic rings. The zero-order valence-corrected chi connectivity index (χ0v) is 13.2. The minimum atomic E-state index is -0.678. The molecule has 0 aliphatic carbocycles. The molecule has 0 saturated carbocycles. The van der Waals surface area contributed by atoms with Crippen LogP contribution in [0.5, 0.6) is 11.5 Å². The number of phenols is 2. The van der Waals surface area contributed by atoms with Gasteiger partial charge < -0.3 is 14.9 Å². The number of allylic oxidation sites excluding steroid dienone is 1. The van der Waals surface area contributed by atoms with Crippen molar-refractivity contribution in [2.45, 2.75) is 51.6 Å². The Hall–Kier alpha value is -2.30. The van der Waals surface area contributed by atoms with Gasteiger partial charge in [0.05, 0.1) is 0 Å². The van der Waals surface area contributed by atoms with Crippen molar-refractivity contribution in [1.29, 1.82) is 0 Å². The van der Waals surface area contributed by atoms with Crippen LogP contribution in [0.15, 0.2) is 24.3 Å². The van der Waals surface area contributed by atoms with Crippen LogP contribution in [-0.2, 0) is 16.0 Å². The number of carbonyl (C=O) groups is 2. The first-order valence-corrected chi connectivity index (χ1v) is 7.90. The number of Topliss-reactive ketones (excluding diaryl/α,β-unsaturated/α-hetero) is 1. The molecule has 1 aromatic carbocycles. The molecule has 0 bridgehead atoms. The van der Waals surface area contributed by atoms with Crippen LogP contribution < -0.4 is 0 Å². The average molecular weight is 318 g/mol. The molecule has 0 aromatic heterocycles. The van der Waals surface area contributed by atoms with E-state index in [-0.39, 0.29) is 35.4 Å². The monoisotopic (exact) mass is 318 g/mol. The number of esters is 1. The summed E-state index contributed by atoms with van der Waals surface area (Å²) in [6.45, 7) is 1.77. The number of hydrogen-bond acceptors (Lipinski definition) is 5. The molecule has 5 nitrogen and oxygen atoms in total. The zero-order valence-electron chi connectivity index (χ0n) is 13.2. The Morgan fingerprint density at radius 1 is 1.13 bits per heavy atom. The summed E-state index contributed by atoms with van der Waals surface area (Å²) >= 11 is 0. The fourth-order valence-corrected chi connectivity index (χ4v) is 2.62. The lowest BCUT2D eigenvalue weighted by Gasteiger charge is -2.15. The van der Waals surface area contributed by atoms with E-state index in [2.05, 4.69) is 0 Å². The van der Waals surface area contributed by atoms with E-state index in [9.17, 15) is 19.8 Å². The number of ketones is 1. The lowest BCUT2D eigenvalue weighted by atomic mass is 9.98. The molecule has 5 heteroatoms. The van der Waals surface area contributed by atoms with Crippen molar-refractivity contribution in [3.63, 3.8) is 0 Å². The minimum absolute atomic E-state index is 0.00336. The standard InChI is InChI=1S/C18H22O5/c1-12-7-5-3-2-4-6-8-14(19)9-13-10-15(20)11-16(21)17(13)18(22)23-12/h3,5,10-12,20-21H,2,4,6-9H2,1H3/b5-3+/t12-/m1/s1. The van der Waals surface area contributed by atoms with E-state index in [1.165, 1.54) is 6.07 Å². The number of cyclic esters (lactones) is 1. The van der Waals surface area contributed by atoms with Crippen LogP contribution in [0.2, 0.25) is 0 Å². The van der Waals surface area contributed by atoms with Crippen molar-refractivity contribution >= 4 is 11.8 Å². The third kappa shape index (κ3) is 4.84. The summed E-state index contributed by atoms with van der Waals surface area (Å²) in [6, 6.07) is 2.42. The van der Waals surface area contributed by atoms with Gasteiger partial charge in [-0.2, -0.15) is 0 Å². The highest BCUT2D eigenvalue weighted by molar-refractivity contribution is 5.96. The van der Waals surface area contributed by atoms with Crippen LogP contribution >= 0.6 is 0 Å². The molecular formula is C18H22O5. The summed E-state index contributed by atoms with van der Waals surface area (Å²) in [6.07, 6.45) is 7.26. The smallest absolute Gasteiger partial charge is 0.342 e. The first-order valence-electron chi connectivity index (χ1n) is 7.90. The number of benzene rings is 1.